The zero-order chi connectivity index (χ0) is 19.2. The van der Waals surface area contributed by atoms with Crippen LogP contribution in [0.2, 0.25) is 0 Å². The van der Waals surface area contributed by atoms with Crippen LogP contribution in [-0.4, -0.2) is 49.9 Å². The maximum Gasteiger partial charge on any atom is 0.308 e. The lowest BCUT2D eigenvalue weighted by molar-refractivity contribution is -0.142. The maximum atomic E-state index is 12.9. The second kappa shape index (κ2) is 6.91. The van der Waals surface area contributed by atoms with Crippen LogP contribution in [-0.2, 0) is 14.8 Å². The Balaban J connectivity index is 1.49. The first-order valence-corrected chi connectivity index (χ1v) is 11.0. The van der Waals surface area contributed by atoms with E-state index in [0.29, 0.717) is 24.9 Å². The van der Waals surface area contributed by atoms with Crippen LogP contribution in [0, 0.1) is 23.7 Å². The summed E-state index contributed by atoms with van der Waals surface area (Å²) in [6.07, 6.45) is 4.14. The number of amides is 1. The first kappa shape index (κ1) is 18.4. The molecule has 27 heavy (non-hydrogen) atoms. The highest BCUT2D eigenvalue weighted by molar-refractivity contribution is 7.89. The van der Waals surface area contributed by atoms with Crippen LogP contribution in [0.3, 0.4) is 0 Å². The summed E-state index contributed by atoms with van der Waals surface area (Å²) >= 11 is 0. The molecule has 2 aliphatic carbocycles. The van der Waals surface area contributed by atoms with Crippen LogP contribution in [0.15, 0.2) is 29.2 Å². The van der Waals surface area contributed by atoms with Crippen LogP contribution in [0.4, 0.5) is 0 Å². The Morgan fingerprint density at radius 1 is 1.15 bits per heavy atom. The number of hydrogen-bond donors (Lipinski definition) is 2. The van der Waals surface area contributed by atoms with Gasteiger partial charge in [0.05, 0.1) is 10.8 Å². The highest BCUT2D eigenvalue weighted by atomic mass is 32.2. The zero-order valence-corrected chi connectivity index (χ0v) is 15.8. The molecule has 1 saturated heterocycles. The van der Waals surface area contributed by atoms with Crippen molar-refractivity contribution < 1.29 is 23.1 Å². The molecule has 0 aromatic heterocycles. The quantitative estimate of drug-likeness (QED) is 0.733. The topological polar surface area (TPSA) is 104 Å². The third kappa shape index (κ3) is 4.01. The predicted molar refractivity (Wildman–Crippen MR) is 97.6 cm³/mol. The molecule has 3 aliphatic rings. The average Bonchev–Trinajstić information content (AvgIpc) is 3.58. The average molecular weight is 392 g/mol. The highest BCUT2D eigenvalue weighted by Gasteiger charge is 2.47. The van der Waals surface area contributed by atoms with E-state index in [1.165, 1.54) is 12.1 Å². The maximum absolute atomic E-state index is 12.9. The summed E-state index contributed by atoms with van der Waals surface area (Å²) in [6, 6.07) is 6.01. The number of rotatable bonds is 7. The van der Waals surface area contributed by atoms with E-state index < -0.39 is 21.9 Å². The van der Waals surface area contributed by atoms with Crippen molar-refractivity contribution in [1.82, 2.24) is 9.62 Å². The number of carboxylic acid groups (broad SMARTS) is 1. The van der Waals surface area contributed by atoms with Gasteiger partial charge in [0.1, 0.15) is 0 Å². The Kier molecular flexibility index (Phi) is 4.71. The van der Waals surface area contributed by atoms with Gasteiger partial charge in [0.15, 0.2) is 0 Å². The van der Waals surface area contributed by atoms with Gasteiger partial charge in [-0.15, -0.1) is 0 Å². The third-order valence-electron chi connectivity index (χ3n) is 5.85. The molecule has 0 spiro atoms. The lowest BCUT2D eigenvalue weighted by atomic mass is 9.92. The molecule has 2 N–H and O–H groups in total. The Bertz CT molecular complexity index is 861. The van der Waals surface area contributed by atoms with Gasteiger partial charge in [0.25, 0.3) is 5.91 Å². The summed E-state index contributed by atoms with van der Waals surface area (Å²) in [7, 11) is -3.65. The molecule has 1 heterocycles. The van der Waals surface area contributed by atoms with Crippen LogP contribution in [0.25, 0.3) is 0 Å². The SMILES string of the molecule is O=C(O)[C@H]1CN(C(=O)c2cccc(S(=O)(=O)NCC3CC3)c2)C[C@@H]1C1CC1. The number of carboxylic acids is 1. The first-order valence-electron chi connectivity index (χ1n) is 9.47. The number of sulfonamides is 1. The standard InChI is InChI=1S/C19H24N2O5S/c22-18(21-10-16(13-6-7-13)17(11-21)19(23)24)14-2-1-3-15(8-14)27(25,26)20-9-12-4-5-12/h1-3,8,12-13,16-17,20H,4-7,9-11H2,(H,23,24)/t16-,17+/m1/s1. The number of nitrogens with zero attached hydrogens (tertiary/aromatic N) is 1. The monoisotopic (exact) mass is 392 g/mol. The fourth-order valence-electron chi connectivity index (χ4n) is 3.87. The smallest absolute Gasteiger partial charge is 0.308 e. The molecule has 2 saturated carbocycles. The van der Waals surface area contributed by atoms with E-state index in [-0.39, 0.29) is 28.8 Å². The molecule has 3 fully saturated rings. The van der Waals surface area contributed by atoms with Crippen molar-refractivity contribution >= 4 is 21.9 Å². The Hall–Kier alpha value is -1.93. The molecule has 0 bridgehead atoms. The van der Waals surface area contributed by atoms with Gasteiger partial charge in [-0.25, -0.2) is 13.1 Å². The van der Waals surface area contributed by atoms with Crippen LogP contribution in [0.1, 0.15) is 36.0 Å². The minimum Gasteiger partial charge on any atom is -0.481 e. The van der Waals surface area contributed by atoms with Crippen molar-refractivity contribution in [2.45, 2.75) is 30.6 Å². The van der Waals surface area contributed by atoms with Gasteiger partial charge in [-0.3, -0.25) is 9.59 Å². The second-order valence-corrected chi connectivity index (χ2v) is 9.75. The summed E-state index contributed by atoms with van der Waals surface area (Å²) in [5.74, 6) is -0.887. The Morgan fingerprint density at radius 3 is 2.52 bits per heavy atom. The van der Waals surface area contributed by atoms with Gasteiger partial charge in [0, 0.05) is 25.2 Å². The van der Waals surface area contributed by atoms with Crippen molar-refractivity contribution in [2.75, 3.05) is 19.6 Å². The lowest BCUT2D eigenvalue weighted by Gasteiger charge is -2.17. The fraction of sp³-hybridized carbons (Fsp3) is 0.579. The number of hydrogen-bond acceptors (Lipinski definition) is 4. The molecule has 146 valence electrons. The normalized spacial score (nSPS) is 25.6. The Labute approximate surface area is 158 Å². The van der Waals surface area contributed by atoms with E-state index in [0.717, 1.165) is 25.7 Å². The largest absolute Gasteiger partial charge is 0.481 e. The van der Waals surface area contributed by atoms with E-state index in [2.05, 4.69) is 4.72 Å². The first-order chi connectivity index (χ1) is 12.8. The van der Waals surface area contributed by atoms with Crippen LogP contribution < -0.4 is 4.72 Å². The number of carbonyl (C=O) groups excluding carboxylic acids is 1. The summed E-state index contributed by atoms with van der Waals surface area (Å²) in [5.41, 5.74) is 0.282. The van der Waals surface area contributed by atoms with Crippen molar-refractivity contribution in [3.63, 3.8) is 0 Å². The van der Waals surface area contributed by atoms with E-state index in [1.807, 2.05) is 0 Å². The van der Waals surface area contributed by atoms with Crippen molar-refractivity contribution in [3.8, 4) is 0 Å². The lowest BCUT2D eigenvalue weighted by Crippen LogP contribution is -2.30. The highest BCUT2D eigenvalue weighted by Crippen LogP contribution is 2.44. The van der Waals surface area contributed by atoms with E-state index >= 15 is 0 Å². The zero-order valence-electron chi connectivity index (χ0n) is 15.0. The molecule has 1 aromatic carbocycles. The molecule has 2 atom stereocenters. The third-order valence-corrected chi connectivity index (χ3v) is 7.27. The van der Waals surface area contributed by atoms with Gasteiger partial charge >= 0.3 is 5.97 Å². The molecule has 7 nitrogen and oxygen atoms in total. The predicted octanol–water partition coefficient (Wildman–Crippen LogP) is 1.56. The van der Waals surface area contributed by atoms with Gasteiger partial charge < -0.3 is 10.0 Å². The molecular formula is C19H24N2O5S. The van der Waals surface area contributed by atoms with Gasteiger partial charge in [-0.05, 0) is 61.6 Å². The van der Waals surface area contributed by atoms with Gasteiger partial charge in [-0.2, -0.15) is 0 Å². The minimum absolute atomic E-state index is 0.00132. The minimum atomic E-state index is -3.65. The van der Waals surface area contributed by atoms with Gasteiger partial charge in [0.2, 0.25) is 10.0 Å². The number of likely N-dealkylation sites (tertiary alicyclic amines) is 1. The Morgan fingerprint density at radius 2 is 1.89 bits per heavy atom. The molecule has 8 heteroatoms. The summed E-state index contributed by atoms with van der Waals surface area (Å²) in [5, 5.41) is 9.46. The second-order valence-electron chi connectivity index (χ2n) is 7.98. The number of benzene rings is 1. The van der Waals surface area contributed by atoms with Crippen molar-refractivity contribution in [2.24, 2.45) is 23.7 Å². The molecule has 0 radical (unpaired) electrons. The summed E-state index contributed by atoms with van der Waals surface area (Å²) in [4.78, 5) is 26.0. The number of nitrogens with one attached hydrogen (secondary N) is 1. The van der Waals surface area contributed by atoms with E-state index in [1.54, 1.807) is 17.0 Å². The van der Waals surface area contributed by atoms with E-state index in [4.69, 9.17) is 0 Å². The molecule has 0 unspecified atom stereocenters. The molecule has 1 aliphatic heterocycles. The summed E-state index contributed by atoms with van der Waals surface area (Å²) < 4.78 is 27.5. The van der Waals surface area contributed by atoms with Crippen LogP contribution in [0.5, 0.6) is 0 Å². The molecule has 1 aromatic rings. The number of aliphatic carboxylic acids is 1. The molecule has 1 amide bonds. The van der Waals surface area contributed by atoms with Crippen molar-refractivity contribution in [3.05, 3.63) is 29.8 Å². The van der Waals surface area contributed by atoms with Gasteiger partial charge in [-0.1, -0.05) is 6.07 Å². The number of carbonyl (C=O) groups is 2. The van der Waals surface area contributed by atoms with E-state index in [9.17, 15) is 23.1 Å². The molecular weight excluding hydrogens is 368 g/mol. The van der Waals surface area contributed by atoms with Crippen molar-refractivity contribution in [1.29, 1.82) is 0 Å². The summed E-state index contributed by atoms with van der Waals surface area (Å²) in [6.45, 7) is 1.04. The molecule has 4 rings (SSSR count). The fourth-order valence-corrected chi connectivity index (χ4v) is 5.03. The van der Waals surface area contributed by atoms with Crippen LogP contribution >= 0.6 is 0 Å².